The number of rotatable bonds is 5. The lowest BCUT2D eigenvalue weighted by atomic mass is 10.3. The van der Waals surface area contributed by atoms with Crippen molar-refractivity contribution in [3.63, 3.8) is 0 Å². The smallest absolute Gasteiger partial charge is 0.315 e. The van der Waals surface area contributed by atoms with Gasteiger partial charge in [0.25, 0.3) is 0 Å². The van der Waals surface area contributed by atoms with Crippen LogP contribution in [0.4, 0.5) is 4.79 Å². The third-order valence-electron chi connectivity index (χ3n) is 2.47. The number of nitrogens with one attached hydrogen (secondary N) is 2. The van der Waals surface area contributed by atoms with E-state index in [1.165, 1.54) is 0 Å². The molecule has 102 valence electrons. The first kappa shape index (κ1) is 14.1. The molecule has 2 amide bonds. The van der Waals surface area contributed by atoms with E-state index >= 15 is 0 Å². The highest BCUT2D eigenvalue weighted by Crippen LogP contribution is 2.20. The summed E-state index contributed by atoms with van der Waals surface area (Å²) < 4.78 is 2.86. The van der Waals surface area contributed by atoms with Gasteiger partial charge in [-0.3, -0.25) is 4.68 Å². The fourth-order valence-electron chi connectivity index (χ4n) is 1.63. The van der Waals surface area contributed by atoms with Crippen molar-refractivity contribution < 1.29 is 4.79 Å². The summed E-state index contributed by atoms with van der Waals surface area (Å²) in [6, 6.07) is 3.72. The van der Waals surface area contributed by atoms with Crippen LogP contribution in [0.5, 0.6) is 0 Å². The van der Waals surface area contributed by atoms with Crippen LogP contribution in [0.2, 0.25) is 0 Å². The molecule has 0 spiro atoms. The van der Waals surface area contributed by atoms with Crippen LogP contribution < -0.4 is 10.6 Å². The average Bonchev–Trinajstić information content (AvgIpc) is 2.98. The second-order valence-electron chi connectivity index (χ2n) is 4.22. The zero-order chi connectivity index (χ0) is 13.7. The molecule has 2 heterocycles. The van der Waals surface area contributed by atoms with Crippen molar-refractivity contribution in [1.82, 2.24) is 20.4 Å². The third kappa shape index (κ3) is 4.68. The van der Waals surface area contributed by atoms with Crippen LogP contribution in [0.3, 0.4) is 0 Å². The van der Waals surface area contributed by atoms with Gasteiger partial charge in [0.1, 0.15) is 0 Å². The van der Waals surface area contributed by atoms with Crippen molar-refractivity contribution >= 4 is 33.3 Å². The summed E-state index contributed by atoms with van der Waals surface area (Å²) in [6.45, 7) is 3.13. The van der Waals surface area contributed by atoms with Crippen molar-refractivity contribution in [2.75, 3.05) is 0 Å². The Morgan fingerprint density at radius 3 is 3.11 bits per heavy atom. The lowest BCUT2D eigenvalue weighted by molar-refractivity contribution is 0.236. The van der Waals surface area contributed by atoms with Gasteiger partial charge in [-0.15, -0.1) is 11.3 Å². The van der Waals surface area contributed by atoms with E-state index in [1.54, 1.807) is 22.2 Å². The van der Waals surface area contributed by atoms with Gasteiger partial charge in [0.15, 0.2) is 0 Å². The number of amides is 2. The minimum absolute atomic E-state index is 0.0223. The van der Waals surface area contributed by atoms with Gasteiger partial charge in [0.2, 0.25) is 0 Å². The summed E-state index contributed by atoms with van der Waals surface area (Å²) in [5, 5.41) is 11.8. The normalized spacial score (nSPS) is 12.1. The molecule has 0 fully saturated rings. The topological polar surface area (TPSA) is 59.0 Å². The van der Waals surface area contributed by atoms with Gasteiger partial charge in [0.05, 0.1) is 10.3 Å². The fraction of sp³-hybridized carbons (Fsp3) is 0.333. The van der Waals surface area contributed by atoms with Crippen molar-refractivity contribution in [1.29, 1.82) is 0 Å². The van der Waals surface area contributed by atoms with E-state index in [9.17, 15) is 4.79 Å². The fourth-order valence-corrected chi connectivity index (χ4v) is 2.84. The van der Waals surface area contributed by atoms with Gasteiger partial charge in [-0.2, -0.15) is 5.10 Å². The molecule has 2 aromatic heterocycles. The number of carbonyl (C=O) groups is 1. The summed E-state index contributed by atoms with van der Waals surface area (Å²) in [7, 11) is 0. The molecule has 0 saturated heterocycles. The first-order valence-electron chi connectivity index (χ1n) is 5.88. The minimum Gasteiger partial charge on any atom is -0.334 e. The molecule has 5 nitrogen and oxygen atoms in total. The summed E-state index contributed by atoms with van der Waals surface area (Å²) in [6.07, 6.45) is 3.60. The number of aromatic nitrogens is 2. The van der Waals surface area contributed by atoms with E-state index in [-0.39, 0.29) is 12.1 Å². The Labute approximate surface area is 124 Å². The van der Waals surface area contributed by atoms with Crippen LogP contribution in [0.25, 0.3) is 0 Å². The van der Waals surface area contributed by atoms with E-state index in [4.69, 9.17) is 0 Å². The van der Waals surface area contributed by atoms with Crippen molar-refractivity contribution in [3.05, 3.63) is 39.3 Å². The SMILES string of the molecule is C[C@H](Cn1cccn1)NC(=O)NCc1csc(Br)c1. The number of nitrogens with zero attached hydrogens (tertiary/aromatic N) is 2. The van der Waals surface area contributed by atoms with Crippen LogP contribution in [0, 0.1) is 0 Å². The molecule has 0 bridgehead atoms. The number of hydrogen-bond acceptors (Lipinski definition) is 3. The third-order valence-corrected chi connectivity index (χ3v) is 4.03. The molecular weight excluding hydrogens is 328 g/mol. The average molecular weight is 343 g/mol. The van der Waals surface area contributed by atoms with Crippen LogP contribution in [-0.4, -0.2) is 21.9 Å². The predicted molar refractivity (Wildman–Crippen MR) is 79.1 cm³/mol. The van der Waals surface area contributed by atoms with Gasteiger partial charge in [-0.1, -0.05) is 0 Å². The van der Waals surface area contributed by atoms with Gasteiger partial charge in [-0.05, 0) is 45.9 Å². The molecule has 0 saturated carbocycles. The number of halogens is 1. The second-order valence-corrected chi connectivity index (χ2v) is 6.51. The zero-order valence-electron chi connectivity index (χ0n) is 10.5. The van der Waals surface area contributed by atoms with Crippen LogP contribution in [0.15, 0.2) is 33.7 Å². The summed E-state index contributed by atoms with van der Waals surface area (Å²) >= 11 is 5.00. The van der Waals surface area contributed by atoms with E-state index < -0.39 is 0 Å². The Balaban J connectivity index is 1.71. The standard InChI is InChI=1S/C12H15BrN4OS/c1-9(7-17-4-2-3-15-17)16-12(18)14-6-10-5-11(13)19-8-10/h2-5,8-9H,6-7H2,1H3,(H2,14,16,18)/t9-/m1/s1. The molecule has 2 rings (SSSR count). The first-order valence-corrected chi connectivity index (χ1v) is 7.55. The maximum Gasteiger partial charge on any atom is 0.315 e. The van der Waals surface area contributed by atoms with E-state index in [0.29, 0.717) is 13.1 Å². The van der Waals surface area contributed by atoms with Crippen LogP contribution in [-0.2, 0) is 13.1 Å². The molecule has 0 aliphatic heterocycles. The Morgan fingerprint density at radius 1 is 1.63 bits per heavy atom. The number of hydrogen-bond donors (Lipinski definition) is 2. The second kappa shape index (κ2) is 6.72. The largest absolute Gasteiger partial charge is 0.334 e. The van der Waals surface area contributed by atoms with Gasteiger partial charge in [0, 0.05) is 25.0 Å². The molecule has 0 unspecified atom stereocenters. The molecule has 7 heteroatoms. The Hall–Kier alpha value is -1.34. The molecule has 2 N–H and O–H groups in total. The molecule has 0 radical (unpaired) electrons. The monoisotopic (exact) mass is 342 g/mol. The number of thiophene rings is 1. The lowest BCUT2D eigenvalue weighted by Crippen LogP contribution is -2.42. The maximum atomic E-state index is 11.7. The first-order chi connectivity index (χ1) is 9.13. The van der Waals surface area contributed by atoms with Gasteiger partial charge >= 0.3 is 6.03 Å². The molecule has 19 heavy (non-hydrogen) atoms. The molecule has 1 atom stereocenters. The van der Waals surface area contributed by atoms with Crippen molar-refractivity contribution in [3.8, 4) is 0 Å². The quantitative estimate of drug-likeness (QED) is 0.877. The predicted octanol–water partition coefficient (Wildman–Crippen LogP) is 2.60. The molecular formula is C12H15BrN4OS. The molecule has 0 aromatic carbocycles. The highest BCUT2D eigenvalue weighted by Gasteiger charge is 2.08. The van der Waals surface area contributed by atoms with E-state index in [1.807, 2.05) is 30.6 Å². The molecule has 0 aliphatic carbocycles. The minimum atomic E-state index is -0.165. The highest BCUT2D eigenvalue weighted by atomic mass is 79.9. The Morgan fingerprint density at radius 2 is 2.47 bits per heavy atom. The number of carbonyl (C=O) groups excluding carboxylic acids is 1. The van der Waals surface area contributed by atoms with Gasteiger partial charge < -0.3 is 10.6 Å². The summed E-state index contributed by atoms with van der Waals surface area (Å²) in [5.41, 5.74) is 1.09. The summed E-state index contributed by atoms with van der Waals surface area (Å²) in [5.74, 6) is 0. The molecule has 2 aromatic rings. The molecule has 0 aliphatic rings. The Bertz CT molecular complexity index is 526. The van der Waals surface area contributed by atoms with E-state index in [2.05, 4.69) is 31.7 Å². The van der Waals surface area contributed by atoms with Crippen LogP contribution in [0.1, 0.15) is 12.5 Å². The van der Waals surface area contributed by atoms with Crippen LogP contribution >= 0.6 is 27.3 Å². The maximum absolute atomic E-state index is 11.7. The summed E-state index contributed by atoms with van der Waals surface area (Å²) in [4.78, 5) is 11.7. The Kier molecular flexibility index (Phi) is 4.98. The number of urea groups is 1. The van der Waals surface area contributed by atoms with Crippen molar-refractivity contribution in [2.24, 2.45) is 0 Å². The van der Waals surface area contributed by atoms with E-state index in [0.717, 1.165) is 9.35 Å². The zero-order valence-corrected chi connectivity index (χ0v) is 12.9. The van der Waals surface area contributed by atoms with Crippen molar-refractivity contribution in [2.45, 2.75) is 26.1 Å². The van der Waals surface area contributed by atoms with Gasteiger partial charge in [-0.25, -0.2) is 4.79 Å². The highest BCUT2D eigenvalue weighted by molar-refractivity contribution is 9.11. The lowest BCUT2D eigenvalue weighted by Gasteiger charge is -2.14.